The maximum atomic E-state index is 5.65. The summed E-state index contributed by atoms with van der Waals surface area (Å²) in [6, 6.07) is 10.4. The van der Waals surface area contributed by atoms with Crippen LogP contribution in [0.3, 0.4) is 0 Å². The van der Waals surface area contributed by atoms with Gasteiger partial charge in [0.1, 0.15) is 0 Å². The van der Waals surface area contributed by atoms with Crippen LogP contribution in [0.5, 0.6) is 5.75 Å². The van der Waals surface area contributed by atoms with Gasteiger partial charge < -0.3 is 4.74 Å². The minimum Gasteiger partial charge on any atom is -0.490 e. The molecule has 90 valence electrons. The van der Waals surface area contributed by atoms with Crippen LogP contribution in [0, 0.1) is 0 Å². The molecule has 2 aromatic rings. The van der Waals surface area contributed by atoms with Crippen molar-refractivity contribution in [2.75, 3.05) is 6.61 Å². The van der Waals surface area contributed by atoms with E-state index in [0.717, 1.165) is 25.1 Å². The zero-order valence-electron chi connectivity index (χ0n) is 10.2. The minimum absolute atomic E-state index is 0.696. The fourth-order valence-corrected chi connectivity index (χ4v) is 1.70. The summed E-state index contributed by atoms with van der Waals surface area (Å²) in [5.74, 6) is 0.856. The molecular formula is C14H18N2O. The Bertz CT molecular complexity index is 436. The van der Waals surface area contributed by atoms with Gasteiger partial charge in [-0.2, -0.15) is 5.10 Å². The Kier molecular flexibility index (Phi) is 4.19. The van der Waals surface area contributed by atoms with Crippen LogP contribution in [-0.2, 0) is 13.0 Å². The molecule has 1 aromatic carbocycles. The van der Waals surface area contributed by atoms with Crippen molar-refractivity contribution in [3.8, 4) is 5.75 Å². The highest BCUT2D eigenvalue weighted by atomic mass is 16.5. The molecular weight excluding hydrogens is 212 g/mol. The smallest absolute Gasteiger partial charge is 0.157 e. The molecule has 0 aliphatic rings. The summed E-state index contributed by atoms with van der Waals surface area (Å²) in [5.41, 5.74) is 1.30. The molecule has 0 amide bonds. The largest absolute Gasteiger partial charge is 0.490 e. The predicted octanol–water partition coefficient (Wildman–Crippen LogP) is 2.91. The maximum absolute atomic E-state index is 5.65. The van der Waals surface area contributed by atoms with E-state index in [4.69, 9.17) is 4.74 Å². The molecule has 0 saturated carbocycles. The van der Waals surface area contributed by atoms with Crippen LogP contribution in [0.4, 0.5) is 0 Å². The number of benzene rings is 1. The first-order valence-corrected chi connectivity index (χ1v) is 6.07. The molecule has 2 rings (SSSR count). The summed E-state index contributed by atoms with van der Waals surface area (Å²) in [6.07, 6.45) is 5.75. The Morgan fingerprint density at radius 1 is 1.24 bits per heavy atom. The van der Waals surface area contributed by atoms with E-state index in [-0.39, 0.29) is 0 Å². The third kappa shape index (κ3) is 3.63. The SMILES string of the molecule is CCCn1cc(OCCc2ccccc2)cn1. The molecule has 0 aliphatic carbocycles. The summed E-state index contributed by atoms with van der Waals surface area (Å²) in [4.78, 5) is 0. The average Bonchev–Trinajstić information content (AvgIpc) is 2.79. The Morgan fingerprint density at radius 2 is 2.06 bits per heavy atom. The highest BCUT2D eigenvalue weighted by molar-refractivity contribution is 5.16. The fourth-order valence-electron chi connectivity index (χ4n) is 1.70. The van der Waals surface area contributed by atoms with Crippen LogP contribution in [-0.4, -0.2) is 16.4 Å². The lowest BCUT2D eigenvalue weighted by Crippen LogP contribution is -2.00. The minimum atomic E-state index is 0.696. The van der Waals surface area contributed by atoms with Crippen molar-refractivity contribution in [1.82, 2.24) is 9.78 Å². The zero-order valence-corrected chi connectivity index (χ0v) is 10.2. The number of rotatable bonds is 6. The van der Waals surface area contributed by atoms with Gasteiger partial charge in [0.25, 0.3) is 0 Å². The van der Waals surface area contributed by atoms with Crippen molar-refractivity contribution in [2.24, 2.45) is 0 Å². The first-order valence-electron chi connectivity index (χ1n) is 6.07. The molecule has 0 bridgehead atoms. The van der Waals surface area contributed by atoms with Gasteiger partial charge in [-0.25, -0.2) is 0 Å². The van der Waals surface area contributed by atoms with Crippen LogP contribution < -0.4 is 4.74 Å². The molecule has 0 N–H and O–H groups in total. The molecule has 0 aliphatic heterocycles. The molecule has 3 nitrogen and oxygen atoms in total. The second-order valence-electron chi connectivity index (χ2n) is 4.02. The first kappa shape index (κ1) is 11.7. The lowest BCUT2D eigenvalue weighted by Gasteiger charge is -2.03. The van der Waals surface area contributed by atoms with Gasteiger partial charge >= 0.3 is 0 Å². The molecule has 0 saturated heterocycles. The van der Waals surface area contributed by atoms with Gasteiger partial charge in [-0.05, 0) is 12.0 Å². The normalized spacial score (nSPS) is 10.4. The average molecular weight is 230 g/mol. The maximum Gasteiger partial charge on any atom is 0.157 e. The molecule has 0 unspecified atom stereocenters. The molecule has 17 heavy (non-hydrogen) atoms. The highest BCUT2D eigenvalue weighted by Crippen LogP contribution is 2.09. The van der Waals surface area contributed by atoms with E-state index in [1.807, 2.05) is 16.9 Å². The van der Waals surface area contributed by atoms with E-state index >= 15 is 0 Å². The van der Waals surface area contributed by atoms with Crippen LogP contribution in [0.1, 0.15) is 18.9 Å². The summed E-state index contributed by atoms with van der Waals surface area (Å²) in [6.45, 7) is 3.78. The topological polar surface area (TPSA) is 27.1 Å². The van der Waals surface area contributed by atoms with E-state index < -0.39 is 0 Å². The summed E-state index contributed by atoms with van der Waals surface area (Å²) >= 11 is 0. The molecule has 0 fully saturated rings. The second kappa shape index (κ2) is 6.09. The summed E-state index contributed by atoms with van der Waals surface area (Å²) < 4.78 is 7.57. The van der Waals surface area contributed by atoms with E-state index in [1.165, 1.54) is 5.56 Å². The van der Waals surface area contributed by atoms with E-state index in [2.05, 4.69) is 36.3 Å². The van der Waals surface area contributed by atoms with E-state index in [0.29, 0.717) is 6.61 Å². The number of nitrogens with zero attached hydrogens (tertiary/aromatic N) is 2. The van der Waals surface area contributed by atoms with Crippen molar-refractivity contribution in [1.29, 1.82) is 0 Å². The van der Waals surface area contributed by atoms with Gasteiger partial charge in [0, 0.05) is 13.0 Å². The zero-order chi connectivity index (χ0) is 11.9. The van der Waals surface area contributed by atoms with Gasteiger partial charge in [0.15, 0.2) is 5.75 Å². The fraction of sp³-hybridized carbons (Fsp3) is 0.357. The summed E-state index contributed by atoms with van der Waals surface area (Å²) in [5, 5.41) is 4.22. The lowest BCUT2D eigenvalue weighted by atomic mass is 10.2. The Labute approximate surface area is 102 Å². The standard InChI is InChI=1S/C14H18N2O/c1-2-9-16-12-14(11-15-16)17-10-8-13-6-4-3-5-7-13/h3-7,11-12H,2,8-10H2,1H3. The molecule has 1 aromatic heterocycles. The van der Waals surface area contributed by atoms with Crippen LogP contribution in [0.15, 0.2) is 42.7 Å². The van der Waals surface area contributed by atoms with Crippen molar-refractivity contribution < 1.29 is 4.74 Å². The molecule has 0 spiro atoms. The Balaban J connectivity index is 1.78. The van der Waals surface area contributed by atoms with Crippen LogP contribution >= 0.6 is 0 Å². The molecule has 0 radical (unpaired) electrons. The molecule has 1 heterocycles. The van der Waals surface area contributed by atoms with Gasteiger partial charge in [-0.15, -0.1) is 0 Å². The number of ether oxygens (including phenoxy) is 1. The lowest BCUT2D eigenvalue weighted by molar-refractivity contribution is 0.321. The number of aryl methyl sites for hydroxylation is 1. The third-order valence-corrected chi connectivity index (χ3v) is 2.56. The van der Waals surface area contributed by atoms with Crippen molar-refractivity contribution in [3.63, 3.8) is 0 Å². The van der Waals surface area contributed by atoms with Crippen LogP contribution in [0.25, 0.3) is 0 Å². The van der Waals surface area contributed by atoms with Crippen LogP contribution in [0.2, 0.25) is 0 Å². The van der Waals surface area contributed by atoms with Gasteiger partial charge in [0.2, 0.25) is 0 Å². The number of hydrogen-bond donors (Lipinski definition) is 0. The second-order valence-corrected chi connectivity index (χ2v) is 4.02. The third-order valence-electron chi connectivity index (χ3n) is 2.56. The van der Waals surface area contributed by atoms with Gasteiger partial charge in [-0.1, -0.05) is 37.3 Å². The highest BCUT2D eigenvalue weighted by Gasteiger charge is 1.99. The number of aromatic nitrogens is 2. The number of hydrogen-bond acceptors (Lipinski definition) is 2. The van der Waals surface area contributed by atoms with Gasteiger partial charge in [0.05, 0.1) is 19.0 Å². The monoisotopic (exact) mass is 230 g/mol. The van der Waals surface area contributed by atoms with E-state index in [1.54, 1.807) is 6.20 Å². The quantitative estimate of drug-likeness (QED) is 0.763. The predicted molar refractivity (Wildman–Crippen MR) is 68.2 cm³/mol. The molecule has 0 atom stereocenters. The van der Waals surface area contributed by atoms with Gasteiger partial charge in [-0.3, -0.25) is 4.68 Å². The van der Waals surface area contributed by atoms with Crippen molar-refractivity contribution in [2.45, 2.75) is 26.3 Å². The Morgan fingerprint density at radius 3 is 2.82 bits per heavy atom. The van der Waals surface area contributed by atoms with Crippen molar-refractivity contribution >= 4 is 0 Å². The Hall–Kier alpha value is -1.77. The first-order chi connectivity index (χ1) is 8.38. The summed E-state index contributed by atoms with van der Waals surface area (Å²) in [7, 11) is 0. The molecule has 3 heteroatoms. The van der Waals surface area contributed by atoms with E-state index in [9.17, 15) is 0 Å². The van der Waals surface area contributed by atoms with Crippen molar-refractivity contribution in [3.05, 3.63) is 48.3 Å².